The molecule has 1 aromatic carbocycles. The second-order valence-corrected chi connectivity index (χ2v) is 5.48. The first-order chi connectivity index (χ1) is 11.9. The molecule has 0 spiro atoms. The van der Waals surface area contributed by atoms with Crippen molar-refractivity contribution in [1.82, 2.24) is 15.8 Å². The van der Waals surface area contributed by atoms with Crippen molar-refractivity contribution in [3.8, 4) is 5.75 Å². The number of halogens is 3. The van der Waals surface area contributed by atoms with Gasteiger partial charge in [-0.25, -0.2) is 10.9 Å². The molecule has 2 unspecified atom stereocenters. The number of aromatic nitrogens is 1. The van der Waals surface area contributed by atoms with Crippen LogP contribution in [0.2, 0.25) is 0 Å². The number of hydrogen-bond donors (Lipinski definition) is 3. The molecular weight excluding hydrogens is 337 g/mol. The quantitative estimate of drug-likeness (QED) is 0.788. The Balaban J connectivity index is 1.56. The second kappa shape index (κ2) is 7.08. The molecule has 0 bridgehead atoms. The first-order valence-electron chi connectivity index (χ1n) is 7.48. The number of hydrazine groups is 1. The second-order valence-electron chi connectivity index (χ2n) is 5.48. The van der Waals surface area contributed by atoms with Crippen LogP contribution in [0.4, 0.5) is 18.9 Å². The van der Waals surface area contributed by atoms with E-state index in [4.69, 9.17) is 0 Å². The highest BCUT2D eigenvalue weighted by Gasteiger charge is 2.31. The number of nitrogens with zero attached hydrogens (tertiary/aromatic N) is 1. The third-order valence-corrected chi connectivity index (χ3v) is 3.66. The van der Waals surface area contributed by atoms with Crippen LogP contribution >= 0.6 is 0 Å². The molecule has 1 saturated heterocycles. The fourth-order valence-corrected chi connectivity index (χ4v) is 2.50. The molecule has 1 aliphatic heterocycles. The van der Waals surface area contributed by atoms with Crippen LogP contribution in [0, 0.1) is 0 Å². The van der Waals surface area contributed by atoms with Gasteiger partial charge in [0.05, 0.1) is 0 Å². The molecule has 6 nitrogen and oxygen atoms in total. The highest BCUT2D eigenvalue weighted by Crippen LogP contribution is 2.25. The van der Waals surface area contributed by atoms with E-state index in [2.05, 4.69) is 25.9 Å². The third kappa shape index (κ3) is 4.68. The molecule has 1 amide bonds. The fourth-order valence-electron chi connectivity index (χ4n) is 2.50. The SMILES string of the molecule is O=C(Nc1ccc(OC(F)(F)F)cc1)C1CC(c2cccnc2)NN1. The van der Waals surface area contributed by atoms with Crippen molar-refractivity contribution < 1.29 is 22.7 Å². The van der Waals surface area contributed by atoms with Crippen LogP contribution in [-0.4, -0.2) is 23.3 Å². The van der Waals surface area contributed by atoms with E-state index in [-0.39, 0.29) is 17.7 Å². The predicted molar refractivity (Wildman–Crippen MR) is 83.4 cm³/mol. The summed E-state index contributed by atoms with van der Waals surface area (Å²) in [5.74, 6) is -0.633. The van der Waals surface area contributed by atoms with Gasteiger partial charge >= 0.3 is 6.36 Å². The van der Waals surface area contributed by atoms with Crippen LogP contribution in [0.1, 0.15) is 18.0 Å². The van der Waals surface area contributed by atoms with Gasteiger partial charge in [0.25, 0.3) is 0 Å². The van der Waals surface area contributed by atoms with Gasteiger partial charge in [0, 0.05) is 24.1 Å². The summed E-state index contributed by atoms with van der Waals surface area (Å²) in [6.45, 7) is 0. The van der Waals surface area contributed by atoms with Crippen molar-refractivity contribution in [2.75, 3.05) is 5.32 Å². The Morgan fingerprint density at radius 3 is 2.60 bits per heavy atom. The number of alkyl halides is 3. The maximum atomic E-state index is 12.3. The lowest BCUT2D eigenvalue weighted by atomic mass is 10.0. The van der Waals surface area contributed by atoms with Crippen molar-refractivity contribution in [3.63, 3.8) is 0 Å². The highest BCUT2D eigenvalue weighted by molar-refractivity contribution is 5.95. The zero-order valence-electron chi connectivity index (χ0n) is 12.9. The molecule has 2 atom stereocenters. The number of rotatable bonds is 4. The van der Waals surface area contributed by atoms with Gasteiger partial charge in [-0.05, 0) is 42.3 Å². The van der Waals surface area contributed by atoms with Gasteiger partial charge in [-0.3, -0.25) is 9.78 Å². The summed E-state index contributed by atoms with van der Waals surface area (Å²) in [6.07, 6.45) is -0.834. The van der Waals surface area contributed by atoms with E-state index >= 15 is 0 Å². The standard InChI is InChI=1S/C16H15F3N4O2/c17-16(18,19)25-12-5-3-11(4-6-12)21-15(24)14-8-13(22-23-14)10-2-1-7-20-9-10/h1-7,9,13-14,22-23H,8H2,(H,21,24). The van der Waals surface area contributed by atoms with Crippen molar-refractivity contribution in [3.05, 3.63) is 54.4 Å². The lowest BCUT2D eigenvalue weighted by molar-refractivity contribution is -0.274. The van der Waals surface area contributed by atoms with Crippen molar-refractivity contribution in [2.45, 2.75) is 24.9 Å². The maximum Gasteiger partial charge on any atom is 0.573 e. The van der Waals surface area contributed by atoms with Gasteiger partial charge in [-0.15, -0.1) is 13.2 Å². The largest absolute Gasteiger partial charge is 0.573 e. The normalized spacial score (nSPS) is 20.3. The van der Waals surface area contributed by atoms with Crippen molar-refractivity contribution in [2.24, 2.45) is 0 Å². The number of carbonyl (C=O) groups is 1. The van der Waals surface area contributed by atoms with E-state index in [1.54, 1.807) is 12.4 Å². The van der Waals surface area contributed by atoms with Crippen LogP contribution in [0.15, 0.2) is 48.8 Å². The first-order valence-corrected chi connectivity index (χ1v) is 7.48. The van der Waals surface area contributed by atoms with Gasteiger partial charge in [-0.1, -0.05) is 6.07 Å². The van der Waals surface area contributed by atoms with Gasteiger partial charge < -0.3 is 10.1 Å². The minimum absolute atomic E-state index is 0.0491. The average Bonchev–Trinajstić information content (AvgIpc) is 3.06. The number of ether oxygens (including phenoxy) is 1. The fraction of sp³-hybridized carbons (Fsp3) is 0.250. The van der Waals surface area contributed by atoms with Crippen LogP contribution in [-0.2, 0) is 4.79 Å². The van der Waals surface area contributed by atoms with Gasteiger partial charge in [0.15, 0.2) is 0 Å². The lowest BCUT2D eigenvalue weighted by Gasteiger charge is -2.12. The number of benzene rings is 1. The molecule has 0 saturated carbocycles. The monoisotopic (exact) mass is 352 g/mol. The number of amides is 1. The summed E-state index contributed by atoms with van der Waals surface area (Å²) in [4.78, 5) is 16.3. The first kappa shape index (κ1) is 17.2. The molecule has 2 heterocycles. The van der Waals surface area contributed by atoms with E-state index in [0.29, 0.717) is 12.1 Å². The topological polar surface area (TPSA) is 75.3 Å². The maximum absolute atomic E-state index is 12.3. The Hall–Kier alpha value is -2.65. The van der Waals surface area contributed by atoms with Crippen LogP contribution in [0.25, 0.3) is 0 Å². The molecule has 25 heavy (non-hydrogen) atoms. The summed E-state index contributed by atoms with van der Waals surface area (Å²) >= 11 is 0. The molecule has 1 fully saturated rings. The molecule has 132 valence electrons. The molecule has 0 radical (unpaired) electrons. The number of anilines is 1. The van der Waals surface area contributed by atoms with E-state index < -0.39 is 12.4 Å². The van der Waals surface area contributed by atoms with Crippen molar-refractivity contribution in [1.29, 1.82) is 0 Å². The summed E-state index contributed by atoms with van der Waals surface area (Å²) in [6, 6.07) is 8.17. The minimum atomic E-state index is -4.74. The lowest BCUT2D eigenvalue weighted by Crippen LogP contribution is -2.39. The molecule has 9 heteroatoms. The van der Waals surface area contributed by atoms with Gasteiger partial charge in [-0.2, -0.15) is 0 Å². The van der Waals surface area contributed by atoms with E-state index in [0.717, 1.165) is 17.7 Å². The zero-order chi connectivity index (χ0) is 17.9. The van der Waals surface area contributed by atoms with E-state index in [1.807, 2.05) is 12.1 Å². The minimum Gasteiger partial charge on any atom is -0.406 e. The Bertz CT molecular complexity index is 722. The zero-order valence-corrected chi connectivity index (χ0v) is 12.9. The molecule has 1 aliphatic rings. The summed E-state index contributed by atoms with van der Waals surface area (Å²) in [7, 11) is 0. The van der Waals surface area contributed by atoms with E-state index in [1.165, 1.54) is 12.1 Å². The number of pyridine rings is 1. The smallest absolute Gasteiger partial charge is 0.406 e. The van der Waals surface area contributed by atoms with Crippen LogP contribution < -0.4 is 20.9 Å². The molecule has 1 aromatic heterocycles. The molecular formula is C16H15F3N4O2. The van der Waals surface area contributed by atoms with Crippen LogP contribution in [0.3, 0.4) is 0 Å². The van der Waals surface area contributed by atoms with E-state index in [9.17, 15) is 18.0 Å². The molecule has 2 aromatic rings. The number of carbonyl (C=O) groups excluding carboxylic acids is 1. The van der Waals surface area contributed by atoms with Gasteiger partial charge in [0.1, 0.15) is 11.8 Å². The molecule has 0 aliphatic carbocycles. The Labute approximate surface area is 141 Å². The predicted octanol–water partition coefficient (Wildman–Crippen LogP) is 2.53. The summed E-state index contributed by atoms with van der Waals surface area (Å²) in [5.41, 5.74) is 7.27. The Morgan fingerprint density at radius 1 is 1.20 bits per heavy atom. The summed E-state index contributed by atoms with van der Waals surface area (Å²) < 4.78 is 40.1. The highest BCUT2D eigenvalue weighted by atomic mass is 19.4. The summed E-state index contributed by atoms with van der Waals surface area (Å²) in [5, 5.41) is 2.65. The molecule has 3 N–H and O–H groups in total. The van der Waals surface area contributed by atoms with Crippen LogP contribution in [0.5, 0.6) is 5.75 Å². The number of nitrogens with one attached hydrogen (secondary N) is 3. The van der Waals surface area contributed by atoms with Gasteiger partial charge in [0.2, 0.25) is 5.91 Å². The molecule has 3 rings (SSSR count). The number of hydrogen-bond acceptors (Lipinski definition) is 5. The Morgan fingerprint density at radius 2 is 1.96 bits per heavy atom. The Kier molecular flexibility index (Phi) is 4.86. The third-order valence-electron chi connectivity index (χ3n) is 3.66. The van der Waals surface area contributed by atoms with Crippen molar-refractivity contribution >= 4 is 11.6 Å². The average molecular weight is 352 g/mol.